The molecular formula is C17H17N3O. The molecule has 1 aromatic carbocycles. The third kappa shape index (κ3) is 2.71. The minimum absolute atomic E-state index is 0.0650. The number of hydrogen-bond donors (Lipinski definition) is 1. The molecule has 2 heterocycles. The number of H-pyrrole nitrogens is 1. The van der Waals surface area contributed by atoms with Gasteiger partial charge in [-0.05, 0) is 36.2 Å². The average molecular weight is 279 g/mol. The van der Waals surface area contributed by atoms with Gasteiger partial charge in [-0.15, -0.1) is 0 Å². The highest BCUT2D eigenvalue weighted by Gasteiger charge is 2.12. The number of pyridine rings is 1. The number of rotatable bonds is 4. The fourth-order valence-electron chi connectivity index (χ4n) is 2.31. The zero-order chi connectivity index (χ0) is 14.7. The lowest BCUT2D eigenvalue weighted by Crippen LogP contribution is -1.95. The fourth-order valence-corrected chi connectivity index (χ4v) is 2.31. The van der Waals surface area contributed by atoms with Gasteiger partial charge in [0.2, 0.25) is 0 Å². The van der Waals surface area contributed by atoms with Crippen LogP contribution in [0, 0.1) is 0 Å². The van der Waals surface area contributed by atoms with E-state index in [1.165, 1.54) is 0 Å². The summed E-state index contributed by atoms with van der Waals surface area (Å²) in [4.78, 5) is 4.39. The van der Waals surface area contributed by atoms with Gasteiger partial charge in [-0.3, -0.25) is 10.1 Å². The molecular weight excluding hydrogens is 262 g/mol. The summed E-state index contributed by atoms with van der Waals surface area (Å²) >= 11 is 0. The zero-order valence-electron chi connectivity index (χ0n) is 12.1. The molecule has 3 aromatic rings. The minimum Gasteiger partial charge on any atom is -0.377 e. The Balaban J connectivity index is 2.05. The molecule has 0 fully saturated rings. The molecule has 106 valence electrons. The first kappa shape index (κ1) is 13.5. The average Bonchev–Trinajstić information content (AvgIpc) is 3.04. The van der Waals surface area contributed by atoms with Crippen LogP contribution in [0.5, 0.6) is 0 Å². The van der Waals surface area contributed by atoms with Gasteiger partial charge >= 0.3 is 0 Å². The number of aromatic amines is 1. The summed E-state index contributed by atoms with van der Waals surface area (Å²) in [6.07, 6.45) is 3.68. The molecule has 0 unspecified atom stereocenters. The lowest BCUT2D eigenvalue weighted by atomic mass is 10.0. The van der Waals surface area contributed by atoms with Gasteiger partial charge in [0.15, 0.2) is 0 Å². The standard InChI is InChI=1S/C17H17N3O/c1-12(21-2)13-6-5-7-14(10-13)15-11-19-20-17(15)16-8-3-4-9-18-16/h3-12H,1-2H3,(H,19,20)/t12-/m1/s1. The number of hydrogen-bond acceptors (Lipinski definition) is 3. The summed E-state index contributed by atoms with van der Waals surface area (Å²) in [7, 11) is 1.72. The molecule has 1 atom stereocenters. The molecule has 0 amide bonds. The Morgan fingerprint density at radius 1 is 1.14 bits per heavy atom. The van der Waals surface area contributed by atoms with Crippen LogP contribution in [0.15, 0.2) is 54.9 Å². The van der Waals surface area contributed by atoms with Crippen LogP contribution < -0.4 is 0 Å². The van der Waals surface area contributed by atoms with E-state index in [2.05, 4.69) is 33.4 Å². The van der Waals surface area contributed by atoms with Crippen LogP contribution in [0.25, 0.3) is 22.5 Å². The van der Waals surface area contributed by atoms with Crippen LogP contribution in [-0.2, 0) is 4.74 Å². The van der Waals surface area contributed by atoms with Crippen molar-refractivity contribution in [1.29, 1.82) is 0 Å². The van der Waals surface area contributed by atoms with Gasteiger partial charge in [0.05, 0.1) is 23.7 Å². The van der Waals surface area contributed by atoms with Gasteiger partial charge in [0, 0.05) is 18.9 Å². The van der Waals surface area contributed by atoms with Crippen LogP contribution in [-0.4, -0.2) is 22.3 Å². The Morgan fingerprint density at radius 2 is 2.05 bits per heavy atom. The minimum atomic E-state index is 0.0650. The predicted molar refractivity (Wildman–Crippen MR) is 82.7 cm³/mol. The first-order chi connectivity index (χ1) is 10.3. The third-order valence-corrected chi connectivity index (χ3v) is 3.58. The summed E-state index contributed by atoms with van der Waals surface area (Å²) in [5.41, 5.74) is 5.10. The van der Waals surface area contributed by atoms with E-state index in [0.717, 1.165) is 28.1 Å². The summed E-state index contributed by atoms with van der Waals surface area (Å²) in [5, 5.41) is 7.21. The maximum Gasteiger partial charge on any atom is 0.0912 e. The van der Waals surface area contributed by atoms with E-state index in [0.29, 0.717) is 0 Å². The van der Waals surface area contributed by atoms with Gasteiger partial charge in [0.1, 0.15) is 0 Å². The molecule has 0 saturated heterocycles. The second-order valence-electron chi connectivity index (χ2n) is 4.88. The highest BCUT2D eigenvalue weighted by atomic mass is 16.5. The Labute approximate surface area is 123 Å². The SMILES string of the molecule is CO[C@H](C)c1cccc(-c2cn[nH]c2-c2ccccn2)c1. The second kappa shape index (κ2) is 5.89. The van der Waals surface area contributed by atoms with Crippen LogP contribution in [0.3, 0.4) is 0 Å². The van der Waals surface area contributed by atoms with Crippen molar-refractivity contribution in [3.63, 3.8) is 0 Å². The van der Waals surface area contributed by atoms with Crippen molar-refractivity contribution >= 4 is 0 Å². The summed E-state index contributed by atoms with van der Waals surface area (Å²) in [6.45, 7) is 2.04. The molecule has 0 radical (unpaired) electrons. The van der Waals surface area contributed by atoms with Gasteiger partial charge in [0.25, 0.3) is 0 Å². The van der Waals surface area contributed by atoms with Crippen molar-refractivity contribution in [3.8, 4) is 22.5 Å². The van der Waals surface area contributed by atoms with Gasteiger partial charge in [-0.2, -0.15) is 5.10 Å². The Morgan fingerprint density at radius 3 is 2.81 bits per heavy atom. The highest BCUT2D eigenvalue weighted by molar-refractivity contribution is 5.78. The smallest absolute Gasteiger partial charge is 0.0912 e. The van der Waals surface area contributed by atoms with Crippen molar-refractivity contribution < 1.29 is 4.74 Å². The Kier molecular flexibility index (Phi) is 3.79. The molecule has 0 saturated carbocycles. The van der Waals surface area contributed by atoms with Gasteiger partial charge in [-0.25, -0.2) is 0 Å². The molecule has 21 heavy (non-hydrogen) atoms. The lowest BCUT2D eigenvalue weighted by Gasteiger charge is -2.11. The number of nitrogens with zero attached hydrogens (tertiary/aromatic N) is 2. The van der Waals surface area contributed by atoms with E-state index in [-0.39, 0.29) is 6.10 Å². The summed E-state index contributed by atoms with van der Waals surface area (Å²) in [5.74, 6) is 0. The molecule has 0 aliphatic rings. The van der Waals surface area contributed by atoms with Crippen molar-refractivity contribution in [1.82, 2.24) is 15.2 Å². The topological polar surface area (TPSA) is 50.8 Å². The fraction of sp³-hybridized carbons (Fsp3) is 0.176. The molecule has 0 bridgehead atoms. The molecule has 1 N–H and O–H groups in total. The third-order valence-electron chi connectivity index (χ3n) is 3.58. The predicted octanol–water partition coefficient (Wildman–Crippen LogP) is 3.85. The number of aromatic nitrogens is 3. The molecule has 4 heteroatoms. The maximum absolute atomic E-state index is 5.39. The molecule has 0 spiro atoms. The largest absolute Gasteiger partial charge is 0.377 e. The molecule has 0 aliphatic carbocycles. The Bertz CT molecular complexity index is 722. The first-order valence-electron chi connectivity index (χ1n) is 6.87. The van der Waals surface area contributed by atoms with E-state index in [4.69, 9.17) is 4.74 Å². The quantitative estimate of drug-likeness (QED) is 0.789. The lowest BCUT2D eigenvalue weighted by molar-refractivity contribution is 0.119. The van der Waals surface area contributed by atoms with Crippen LogP contribution in [0.1, 0.15) is 18.6 Å². The number of ether oxygens (including phenoxy) is 1. The molecule has 2 aromatic heterocycles. The van der Waals surface area contributed by atoms with Gasteiger partial charge in [-0.1, -0.05) is 24.3 Å². The van der Waals surface area contributed by atoms with E-state index in [1.54, 1.807) is 13.3 Å². The maximum atomic E-state index is 5.39. The van der Waals surface area contributed by atoms with Crippen molar-refractivity contribution in [3.05, 3.63) is 60.4 Å². The monoisotopic (exact) mass is 279 g/mol. The van der Waals surface area contributed by atoms with E-state index < -0.39 is 0 Å². The second-order valence-corrected chi connectivity index (χ2v) is 4.88. The molecule has 4 nitrogen and oxygen atoms in total. The van der Waals surface area contributed by atoms with E-state index in [9.17, 15) is 0 Å². The molecule has 0 aliphatic heterocycles. The number of benzene rings is 1. The van der Waals surface area contributed by atoms with E-state index in [1.807, 2.05) is 37.4 Å². The summed E-state index contributed by atoms with van der Waals surface area (Å²) in [6, 6.07) is 14.2. The highest BCUT2D eigenvalue weighted by Crippen LogP contribution is 2.30. The van der Waals surface area contributed by atoms with Crippen LogP contribution >= 0.6 is 0 Å². The normalized spacial score (nSPS) is 12.3. The number of nitrogens with one attached hydrogen (secondary N) is 1. The number of methoxy groups -OCH3 is 1. The van der Waals surface area contributed by atoms with E-state index >= 15 is 0 Å². The molecule has 3 rings (SSSR count). The Hall–Kier alpha value is -2.46. The first-order valence-corrected chi connectivity index (χ1v) is 6.87. The van der Waals surface area contributed by atoms with Crippen molar-refractivity contribution in [2.75, 3.05) is 7.11 Å². The van der Waals surface area contributed by atoms with Crippen molar-refractivity contribution in [2.24, 2.45) is 0 Å². The van der Waals surface area contributed by atoms with Crippen LogP contribution in [0.4, 0.5) is 0 Å². The van der Waals surface area contributed by atoms with Crippen LogP contribution in [0.2, 0.25) is 0 Å². The summed E-state index contributed by atoms with van der Waals surface area (Å²) < 4.78 is 5.39. The van der Waals surface area contributed by atoms with Gasteiger partial charge < -0.3 is 4.74 Å². The van der Waals surface area contributed by atoms with Crippen molar-refractivity contribution in [2.45, 2.75) is 13.0 Å². The zero-order valence-corrected chi connectivity index (χ0v) is 12.1.